The average Bonchev–Trinajstić information content (AvgIpc) is 3.21. The van der Waals surface area contributed by atoms with Crippen molar-refractivity contribution in [1.82, 2.24) is 20.5 Å². The molecule has 1 unspecified atom stereocenters. The number of aryl methyl sites for hydroxylation is 1. The molecule has 1 aliphatic rings. The van der Waals surface area contributed by atoms with Crippen molar-refractivity contribution in [3.05, 3.63) is 65.0 Å². The molecule has 1 saturated heterocycles. The van der Waals surface area contributed by atoms with E-state index in [4.69, 9.17) is 11.1 Å². The second kappa shape index (κ2) is 9.21. The number of pyridine rings is 1. The van der Waals surface area contributed by atoms with Crippen molar-refractivity contribution >= 4 is 29.4 Å². The number of benzene rings is 1. The lowest BCUT2D eigenvalue weighted by atomic mass is 10.1. The first-order valence-corrected chi connectivity index (χ1v) is 9.73. The SMILES string of the molecule is CN/C=C(\C=N)c1cnc(N)c(C(=O)NC2CCN(C(=O)c3ccc(C)cc3)C2)c1. The van der Waals surface area contributed by atoms with Crippen molar-refractivity contribution in [3.8, 4) is 0 Å². The first-order chi connectivity index (χ1) is 14.4. The Bertz CT molecular complexity index is 984. The van der Waals surface area contributed by atoms with Crippen LogP contribution in [0.4, 0.5) is 5.82 Å². The number of carbonyl (C=O) groups is 2. The summed E-state index contributed by atoms with van der Waals surface area (Å²) in [7, 11) is 1.73. The van der Waals surface area contributed by atoms with Crippen LogP contribution < -0.4 is 16.4 Å². The van der Waals surface area contributed by atoms with Crippen molar-refractivity contribution in [1.29, 1.82) is 5.41 Å². The van der Waals surface area contributed by atoms with E-state index in [0.29, 0.717) is 36.2 Å². The normalized spacial score (nSPS) is 16.3. The number of hydrogen-bond donors (Lipinski definition) is 4. The maximum Gasteiger partial charge on any atom is 0.255 e. The second-order valence-electron chi connectivity index (χ2n) is 7.27. The molecule has 1 aromatic carbocycles. The molecule has 1 aliphatic heterocycles. The second-order valence-corrected chi connectivity index (χ2v) is 7.27. The highest BCUT2D eigenvalue weighted by Crippen LogP contribution is 2.19. The van der Waals surface area contributed by atoms with E-state index < -0.39 is 0 Å². The molecule has 30 heavy (non-hydrogen) atoms. The number of nitrogens with zero attached hydrogens (tertiary/aromatic N) is 2. The van der Waals surface area contributed by atoms with Crippen molar-refractivity contribution in [2.45, 2.75) is 19.4 Å². The fourth-order valence-electron chi connectivity index (χ4n) is 3.38. The minimum absolute atomic E-state index is 0.0391. The van der Waals surface area contributed by atoms with Crippen molar-refractivity contribution in [2.24, 2.45) is 0 Å². The first-order valence-electron chi connectivity index (χ1n) is 9.73. The van der Waals surface area contributed by atoms with Gasteiger partial charge in [0.05, 0.1) is 5.56 Å². The van der Waals surface area contributed by atoms with Crippen LogP contribution in [0, 0.1) is 12.3 Å². The number of nitrogen functional groups attached to an aromatic ring is 1. The number of aromatic nitrogens is 1. The molecule has 0 radical (unpaired) electrons. The van der Waals surface area contributed by atoms with E-state index in [1.807, 2.05) is 31.2 Å². The molecule has 2 amide bonds. The van der Waals surface area contributed by atoms with E-state index >= 15 is 0 Å². The highest BCUT2D eigenvalue weighted by Gasteiger charge is 2.28. The monoisotopic (exact) mass is 406 g/mol. The number of anilines is 1. The lowest BCUT2D eigenvalue weighted by Gasteiger charge is -2.18. The number of allylic oxidation sites excluding steroid dienone is 1. The van der Waals surface area contributed by atoms with E-state index in [-0.39, 0.29) is 29.2 Å². The highest BCUT2D eigenvalue weighted by atomic mass is 16.2. The minimum Gasteiger partial charge on any atom is -0.393 e. The number of nitrogens with two attached hydrogens (primary N) is 1. The molecule has 0 saturated carbocycles. The van der Waals surface area contributed by atoms with Crippen LogP contribution in [0.3, 0.4) is 0 Å². The third-order valence-corrected chi connectivity index (χ3v) is 5.06. The van der Waals surface area contributed by atoms with Crippen LogP contribution in [0.25, 0.3) is 5.57 Å². The number of likely N-dealkylation sites (tertiary alicyclic amines) is 1. The van der Waals surface area contributed by atoms with E-state index in [1.165, 1.54) is 12.4 Å². The molecule has 8 nitrogen and oxygen atoms in total. The van der Waals surface area contributed by atoms with Crippen LogP contribution in [0.1, 0.15) is 38.3 Å². The van der Waals surface area contributed by atoms with Gasteiger partial charge in [-0.15, -0.1) is 0 Å². The molecule has 5 N–H and O–H groups in total. The largest absolute Gasteiger partial charge is 0.393 e. The third kappa shape index (κ3) is 4.65. The minimum atomic E-state index is -0.342. The zero-order chi connectivity index (χ0) is 21.7. The predicted molar refractivity (Wildman–Crippen MR) is 117 cm³/mol. The Balaban J connectivity index is 1.68. The summed E-state index contributed by atoms with van der Waals surface area (Å²) >= 11 is 0. The van der Waals surface area contributed by atoms with Gasteiger partial charge in [-0.1, -0.05) is 17.7 Å². The van der Waals surface area contributed by atoms with Crippen LogP contribution in [0.15, 0.2) is 42.7 Å². The van der Waals surface area contributed by atoms with Gasteiger partial charge in [-0.25, -0.2) is 4.98 Å². The molecule has 1 atom stereocenters. The number of nitrogens with one attached hydrogen (secondary N) is 3. The summed E-state index contributed by atoms with van der Waals surface area (Å²) in [6, 6.07) is 8.93. The zero-order valence-corrected chi connectivity index (χ0v) is 17.1. The number of carbonyl (C=O) groups excluding carboxylic acids is 2. The molecular formula is C22H26N6O2. The third-order valence-electron chi connectivity index (χ3n) is 5.06. The summed E-state index contributed by atoms with van der Waals surface area (Å²) in [5.74, 6) is -0.261. The summed E-state index contributed by atoms with van der Waals surface area (Å²) < 4.78 is 0. The molecule has 1 aromatic heterocycles. The lowest BCUT2D eigenvalue weighted by molar-refractivity contribution is 0.0783. The van der Waals surface area contributed by atoms with E-state index in [2.05, 4.69) is 15.6 Å². The quantitative estimate of drug-likeness (QED) is 0.545. The van der Waals surface area contributed by atoms with Crippen LogP contribution in [0.2, 0.25) is 0 Å². The van der Waals surface area contributed by atoms with Crippen molar-refractivity contribution < 1.29 is 9.59 Å². The number of amides is 2. The molecule has 3 rings (SSSR count). The van der Waals surface area contributed by atoms with Crippen LogP contribution in [-0.2, 0) is 0 Å². The topological polar surface area (TPSA) is 124 Å². The summed E-state index contributed by atoms with van der Waals surface area (Å²) in [6.45, 7) is 3.00. The van der Waals surface area contributed by atoms with Gasteiger partial charge in [-0.3, -0.25) is 9.59 Å². The summed E-state index contributed by atoms with van der Waals surface area (Å²) in [5.41, 5.74) is 9.10. The first kappa shape index (κ1) is 21.0. The Hall–Kier alpha value is -3.68. The van der Waals surface area contributed by atoms with Gasteiger partial charge in [0.25, 0.3) is 11.8 Å². The standard InChI is InChI=1S/C22H26N6O2/c1-14-3-5-15(6-4-14)22(30)28-8-7-18(13-28)27-21(29)19-9-16(12-26-20(19)24)17(10-23)11-25-2/h3-6,9-12,18,23,25H,7-8,13H2,1-2H3,(H2,24,26)(H,27,29)/b17-11+,23-10?. The van der Waals surface area contributed by atoms with Gasteiger partial charge in [0, 0.05) is 61.5 Å². The van der Waals surface area contributed by atoms with Crippen molar-refractivity contribution in [2.75, 3.05) is 25.9 Å². The zero-order valence-electron chi connectivity index (χ0n) is 17.1. The maximum atomic E-state index is 12.8. The molecule has 8 heteroatoms. The Morgan fingerprint density at radius 1 is 1.27 bits per heavy atom. The van der Waals surface area contributed by atoms with E-state index in [0.717, 1.165) is 5.56 Å². The molecular weight excluding hydrogens is 380 g/mol. The van der Waals surface area contributed by atoms with Gasteiger partial charge in [0.15, 0.2) is 0 Å². The van der Waals surface area contributed by atoms with Gasteiger partial charge in [0.2, 0.25) is 0 Å². The molecule has 0 aliphatic carbocycles. The Morgan fingerprint density at radius 2 is 2.00 bits per heavy atom. The van der Waals surface area contributed by atoms with Crippen LogP contribution in [-0.4, -0.2) is 54.1 Å². The highest BCUT2D eigenvalue weighted by molar-refractivity contribution is 6.09. The van der Waals surface area contributed by atoms with Crippen LogP contribution in [0.5, 0.6) is 0 Å². The summed E-state index contributed by atoms with van der Waals surface area (Å²) in [6.07, 6.45) is 5.02. The van der Waals surface area contributed by atoms with Gasteiger partial charge in [-0.2, -0.15) is 0 Å². The Kier molecular flexibility index (Phi) is 6.46. The van der Waals surface area contributed by atoms with Crippen LogP contribution >= 0.6 is 0 Å². The van der Waals surface area contributed by atoms with Gasteiger partial charge in [0.1, 0.15) is 5.82 Å². The van der Waals surface area contributed by atoms with Gasteiger partial charge >= 0.3 is 0 Å². The predicted octanol–water partition coefficient (Wildman–Crippen LogP) is 1.83. The number of hydrogen-bond acceptors (Lipinski definition) is 6. The fourth-order valence-corrected chi connectivity index (χ4v) is 3.38. The number of rotatable bonds is 6. The molecule has 156 valence electrons. The summed E-state index contributed by atoms with van der Waals surface area (Å²) in [4.78, 5) is 31.3. The fraction of sp³-hybridized carbons (Fsp3) is 0.273. The maximum absolute atomic E-state index is 12.8. The summed E-state index contributed by atoms with van der Waals surface area (Å²) in [5, 5.41) is 13.3. The molecule has 2 aromatic rings. The Morgan fingerprint density at radius 3 is 2.67 bits per heavy atom. The van der Waals surface area contributed by atoms with E-state index in [9.17, 15) is 9.59 Å². The molecule has 0 bridgehead atoms. The average molecular weight is 406 g/mol. The smallest absolute Gasteiger partial charge is 0.255 e. The Labute approximate surface area is 175 Å². The molecule has 2 heterocycles. The molecule has 0 spiro atoms. The van der Waals surface area contributed by atoms with Crippen molar-refractivity contribution in [3.63, 3.8) is 0 Å². The molecule has 1 fully saturated rings. The van der Waals surface area contributed by atoms with E-state index in [1.54, 1.807) is 24.2 Å². The van der Waals surface area contributed by atoms with Gasteiger partial charge < -0.3 is 26.7 Å². The van der Waals surface area contributed by atoms with Gasteiger partial charge in [-0.05, 0) is 31.5 Å². The lowest BCUT2D eigenvalue weighted by Crippen LogP contribution is -2.38.